The molecule has 2 aliphatic heterocycles. The predicted molar refractivity (Wildman–Crippen MR) is 86.1 cm³/mol. The van der Waals surface area contributed by atoms with Crippen LogP contribution in [0.25, 0.3) is 0 Å². The van der Waals surface area contributed by atoms with Gasteiger partial charge in [0.15, 0.2) is 0 Å². The zero-order chi connectivity index (χ0) is 16.2. The Kier molecular flexibility index (Phi) is 5.24. The summed E-state index contributed by atoms with van der Waals surface area (Å²) in [4.78, 5) is 33.9. The lowest BCUT2D eigenvalue weighted by molar-refractivity contribution is -0.140. The van der Waals surface area contributed by atoms with E-state index in [2.05, 4.69) is 9.88 Å². The quantitative estimate of drug-likeness (QED) is 0.788. The van der Waals surface area contributed by atoms with Crippen LogP contribution in [0.1, 0.15) is 18.0 Å². The molecule has 0 unspecified atom stereocenters. The highest BCUT2D eigenvalue weighted by atomic mass is 32.1. The molecule has 126 valence electrons. The van der Waals surface area contributed by atoms with Crippen LogP contribution in [-0.2, 0) is 14.3 Å². The summed E-state index contributed by atoms with van der Waals surface area (Å²) in [6, 6.07) is 0. The summed E-state index contributed by atoms with van der Waals surface area (Å²) in [5.74, 6) is 0.213. The van der Waals surface area contributed by atoms with Gasteiger partial charge in [-0.3, -0.25) is 14.5 Å². The van der Waals surface area contributed by atoms with E-state index in [1.807, 2.05) is 10.3 Å². The van der Waals surface area contributed by atoms with Crippen molar-refractivity contribution in [1.29, 1.82) is 0 Å². The van der Waals surface area contributed by atoms with Crippen molar-refractivity contribution in [3.05, 3.63) is 16.6 Å². The van der Waals surface area contributed by atoms with E-state index in [0.717, 1.165) is 11.6 Å². The molecule has 0 radical (unpaired) electrons. The molecule has 1 aromatic rings. The van der Waals surface area contributed by atoms with E-state index in [9.17, 15) is 9.59 Å². The van der Waals surface area contributed by atoms with Crippen LogP contribution in [0.15, 0.2) is 11.6 Å². The van der Waals surface area contributed by atoms with Gasteiger partial charge in [0.2, 0.25) is 11.8 Å². The summed E-state index contributed by atoms with van der Waals surface area (Å²) in [6.07, 6.45) is 1.74. The van der Waals surface area contributed by atoms with Crippen molar-refractivity contribution in [3.8, 4) is 0 Å². The fourth-order valence-electron chi connectivity index (χ4n) is 2.95. The van der Waals surface area contributed by atoms with Gasteiger partial charge in [-0.2, -0.15) is 0 Å². The summed E-state index contributed by atoms with van der Waals surface area (Å²) in [6.45, 7) is 6.58. The average Bonchev–Trinajstić information content (AvgIpc) is 3.10. The molecular weight excluding hydrogens is 316 g/mol. The molecule has 3 rings (SSSR count). The lowest BCUT2D eigenvalue weighted by atomic mass is 10.2. The van der Waals surface area contributed by atoms with Gasteiger partial charge < -0.3 is 14.5 Å². The highest BCUT2D eigenvalue weighted by Gasteiger charge is 2.28. The third-order valence-electron chi connectivity index (χ3n) is 4.31. The Hall–Kier alpha value is -1.51. The lowest BCUT2D eigenvalue weighted by Gasteiger charge is -2.37. The normalized spacial score (nSPS) is 23.1. The number of nitrogens with zero attached hydrogens (tertiary/aromatic N) is 4. The second kappa shape index (κ2) is 7.37. The van der Waals surface area contributed by atoms with Gasteiger partial charge in [-0.15, -0.1) is 11.3 Å². The molecule has 8 heteroatoms. The summed E-state index contributed by atoms with van der Waals surface area (Å²) < 4.78 is 5.76. The zero-order valence-electron chi connectivity index (χ0n) is 13.3. The molecule has 0 N–H and O–H groups in total. The third kappa shape index (κ3) is 4.07. The highest BCUT2D eigenvalue weighted by molar-refractivity contribution is 7.09. The van der Waals surface area contributed by atoms with Crippen LogP contribution in [-0.4, -0.2) is 83.9 Å². The molecule has 2 fully saturated rings. The Morgan fingerprint density at radius 2 is 2.00 bits per heavy atom. The first-order chi connectivity index (χ1) is 11.1. The van der Waals surface area contributed by atoms with Crippen LogP contribution in [0.2, 0.25) is 0 Å². The second-order valence-electron chi connectivity index (χ2n) is 5.85. The average molecular weight is 338 g/mol. The van der Waals surface area contributed by atoms with Crippen LogP contribution in [0.4, 0.5) is 0 Å². The minimum atomic E-state index is -0.0360. The van der Waals surface area contributed by atoms with Crippen molar-refractivity contribution in [2.24, 2.45) is 0 Å². The van der Waals surface area contributed by atoms with Crippen molar-refractivity contribution in [2.75, 3.05) is 52.4 Å². The smallest absolute Gasteiger partial charge is 0.236 e. The number of carbonyl (C=O) groups excluding carboxylic acids is 2. The van der Waals surface area contributed by atoms with Crippen LogP contribution >= 0.6 is 11.3 Å². The molecule has 0 bridgehead atoms. The molecule has 1 aromatic heterocycles. The number of amides is 2. The number of hydrogen-bond donors (Lipinski definition) is 0. The molecule has 7 nitrogen and oxygen atoms in total. The summed E-state index contributed by atoms with van der Waals surface area (Å²) >= 11 is 1.59. The number of thiazole rings is 1. The first-order valence-corrected chi connectivity index (χ1v) is 8.78. The maximum atomic E-state index is 12.5. The largest absolute Gasteiger partial charge is 0.368 e. The minimum Gasteiger partial charge on any atom is -0.368 e. The fraction of sp³-hybridized carbons (Fsp3) is 0.667. The van der Waals surface area contributed by atoms with E-state index < -0.39 is 0 Å². The van der Waals surface area contributed by atoms with Crippen LogP contribution in [0.5, 0.6) is 0 Å². The number of carbonyl (C=O) groups is 2. The van der Waals surface area contributed by atoms with E-state index in [-0.39, 0.29) is 17.9 Å². The van der Waals surface area contributed by atoms with Gasteiger partial charge >= 0.3 is 0 Å². The molecule has 0 aromatic carbocycles. The van der Waals surface area contributed by atoms with Crippen molar-refractivity contribution in [3.63, 3.8) is 0 Å². The van der Waals surface area contributed by atoms with Gasteiger partial charge in [-0.1, -0.05) is 0 Å². The van der Waals surface area contributed by atoms with Crippen LogP contribution < -0.4 is 0 Å². The van der Waals surface area contributed by atoms with Gasteiger partial charge in [0.05, 0.1) is 13.2 Å². The molecular formula is C15H22N4O3S. The molecule has 2 amide bonds. The number of rotatable bonds is 3. The molecule has 0 aliphatic carbocycles. The molecule has 2 aliphatic rings. The number of ether oxygens (including phenoxy) is 1. The third-order valence-corrected chi connectivity index (χ3v) is 5.18. The van der Waals surface area contributed by atoms with E-state index in [1.165, 1.54) is 0 Å². The highest BCUT2D eigenvalue weighted by Crippen LogP contribution is 2.23. The van der Waals surface area contributed by atoms with Crippen molar-refractivity contribution in [2.45, 2.75) is 13.0 Å². The molecule has 2 saturated heterocycles. The van der Waals surface area contributed by atoms with Crippen molar-refractivity contribution in [1.82, 2.24) is 19.7 Å². The van der Waals surface area contributed by atoms with E-state index in [0.29, 0.717) is 45.9 Å². The summed E-state index contributed by atoms with van der Waals surface area (Å²) in [5, 5.41) is 2.91. The van der Waals surface area contributed by atoms with Crippen molar-refractivity contribution < 1.29 is 14.3 Å². The SMILES string of the molecule is CC(=O)N1CCN(C(=O)CN2CCO[C@H](c3nccs3)C2)CC1. The second-order valence-corrected chi connectivity index (χ2v) is 6.78. The monoisotopic (exact) mass is 338 g/mol. The first kappa shape index (κ1) is 16.4. The van der Waals surface area contributed by atoms with Gasteiger partial charge in [0.1, 0.15) is 11.1 Å². The maximum Gasteiger partial charge on any atom is 0.236 e. The van der Waals surface area contributed by atoms with E-state index >= 15 is 0 Å². The van der Waals surface area contributed by atoms with Gasteiger partial charge in [0, 0.05) is 57.8 Å². The Labute approximate surface area is 139 Å². The summed E-state index contributed by atoms with van der Waals surface area (Å²) in [5.41, 5.74) is 0. The maximum absolute atomic E-state index is 12.5. The molecule has 23 heavy (non-hydrogen) atoms. The number of piperazine rings is 1. The van der Waals surface area contributed by atoms with Crippen molar-refractivity contribution >= 4 is 23.2 Å². The number of morpholine rings is 1. The standard InChI is InChI=1S/C15H22N4O3S/c1-12(20)18-3-5-19(6-4-18)14(21)11-17-7-8-22-13(10-17)15-16-2-9-23-15/h2,9,13H,3-8,10-11H2,1H3/t13-/m0/s1. The summed E-state index contributed by atoms with van der Waals surface area (Å²) in [7, 11) is 0. The lowest BCUT2D eigenvalue weighted by Crippen LogP contribution is -2.53. The van der Waals surface area contributed by atoms with Gasteiger partial charge in [-0.25, -0.2) is 4.98 Å². The van der Waals surface area contributed by atoms with E-state index in [1.54, 1.807) is 29.4 Å². The Morgan fingerprint density at radius 3 is 2.65 bits per heavy atom. The number of hydrogen-bond acceptors (Lipinski definition) is 6. The van der Waals surface area contributed by atoms with Gasteiger partial charge in [0.25, 0.3) is 0 Å². The Morgan fingerprint density at radius 1 is 1.26 bits per heavy atom. The Balaban J connectivity index is 1.49. The first-order valence-electron chi connectivity index (χ1n) is 7.90. The van der Waals surface area contributed by atoms with Crippen LogP contribution in [0.3, 0.4) is 0 Å². The van der Waals surface area contributed by atoms with Gasteiger partial charge in [-0.05, 0) is 0 Å². The molecule has 0 spiro atoms. The zero-order valence-corrected chi connectivity index (χ0v) is 14.1. The molecule has 3 heterocycles. The Bertz CT molecular complexity index is 543. The topological polar surface area (TPSA) is 66.0 Å². The van der Waals surface area contributed by atoms with E-state index in [4.69, 9.17) is 4.74 Å². The number of aromatic nitrogens is 1. The molecule has 1 atom stereocenters. The fourth-order valence-corrected chi connectivity index (χ4v) is 3.63. The van der Waals surface area contributed by atoms with Crippen LogP contribution in [0, 0.1) is 0 Å². The molecule has 0 saturated carbocycles. The minimum absolute atomic E-state index is 0.0360. The predicted octanol–water partition coefficient (Wildman–Crippen LogP) is 0.207.